The molecule has 2 aliphatic rings. The van der Waals surface area contributed by atoms with Gasteiger partial charge in [0.1, 0.15) is 0 Å². The maximum atomic E-state index is 12.4. The molecule has 2 heterocycles. The highest BCUT2D eigenvalue weighted by atomic mass is 35.5. The van der Waals surface area contributed by atoms with Crippen LogP contribution >= 0.6 is 11.6 Å². The zero-order valence-corrected chi connectivity index (χ0v) is 16.2. The summed E-state index contributed by atoms with van der Waals surface area (Å²) in [5, 5.41) is 9.64. The van der Waals surface area contributed by atoms with Gasteiger partial charge in [0.15, 0.2) is 0 Å². The normalized spacial score (nSPS) is 19.9. The average molecular weight is 389 g/mol. The maximum absolute atomic E-state index is 12.4. The molecule has 0 saturated heterocycles. The quantitative estimate of drug-likeness (QED) is 0.539. The Morgan fingerprint density at radius 3 is 3.04 bits per heavy atom. The van der Waals surface area contributed by atoms with Gasteiger partial charge >= 0.3 is 0 Å². The van der Waals surface area contributed by atoms with Crippen molar-refractivity contribution in [3.63, 3.8) is 0 Å². The lowest BCUT2D eigenvalue weighted by atomic mass is 9.96. The first-order valence-electron chi connectivity index (χ1n) is 9.26. The van der Waals surface area contributed by atoms with Crippen molar-refractivity contribution < 1.29 is 9.59 Å². The molecule has 1 atom stereocenters. The molecule has 6 nitrogen and oxygen atoms in total. The smallest absolute Gasteiger partial charge is 0.256 e. The molecule has 5 N–H and O–H groups in total. The van der Waals surface area contributed by atoms with Gasteiger partial charge in [0.25, 0.3) is 5.91 Å². The first kappa shape index (κ1) is 19.5. The van der Waals surface area contributed by atoms with Crippen LogP contribution in [0.25, 0.3) is 5.57 Å². The summed E-state index contributed by atoms with van der Waals surface area (Å²) < 4.78 is 0. The van der Waals surface area contributed by atoms with Gasteiger partial charge in [-0.2, -0.15) is 0 Å². The highest BCUT2D eigenvalue weighted by Crippen LogP contribution is 2.36. The van der Waals surface area contributed by atoms with Crippen molar-refractivity contribution >= 4 is 34.7 Å². The number of rotatable bonds is 7. The van der Waals surface area contributed by atoms with E-state index in [9.17, 15) is 9.59 Å². The Morgan fingerprint density at radius 1 is 1.44 bits per heavy atom. The van der Waals surface area contributed by atoms with Crippen LogP contribution in [-0.4, -0.2) is 31.4 Å². The Balaban J connectivity index is 1.75. The third kappa shape index (κ3) is 4.51. The molecule has 0 fully saturated rings. The van der Waals surface area contributed by atoms with Crippen LogP contribution < -0.4 is 21.7 Å². The molecule has 2 amide bonds. The molecule has 0 bridgehead atoms. The number of nitrogens with one attached hydrogen (secondary N) is 3. The Kier molecular flexibility index (Phi) is 6.19. The maximum Gasteiger partial charge on any atom is 0.256 e. The van der Waals surface area contributed by atoms with Gasteiger partial charge in [-0.05, 0) is 42.5 Å². The molecular weight excluding hydrogens is 364 g/mol. The molecule has 0 aliphatic carbocycles. The third-order valence-electron chi connectivity index (χ3n) is 4.91. The van der Waals surface area contributed by atoms with Crippen molar-refractivity contribution in [1.29, 1.82) is 0 Å². The standard InChI is InChI=1S/C20H25ClN4O2/c1-12-11-24-17(14(12)3-2-4-19(26)23-8-7-22)10-16-15-6-5-13(21)9-18(15)25-20(16)27/h5-6,9-10,12,24H,2-4,7-8,11,22H2,1H3,(H,23,26)(H,25,27)/b16-10-. The summed E-state index contributed by atoms with van der Waals surface area (Å²) in [6, 6.07) is 5.41. The number of carbonyl (C=O) groups is 2. The lowest BCUT2D eigenvalue weighted by molar-refractivity contribution is -0.121. The summed E-state index contributed by atoms with van der Waals surface area (Å²) in [6.07, 6.45) is 3.98. The van der Waals surface area contributed by atoms with Gasteiger partial charge < -0.3 is 21.7 Å². The molecule has 1 aromatic rings. The predicted molar refractivity (Wildman–Crippen MR) is 108 cm³/mol. The highest BCUT2D eigenvalue weighted by Gasteiger charge is 2.27. The number of anilines is 1. The predicted octanol–water partition coefficient (Wildman–Crippen LogP) is 2.41. The largest absolute Gasteiger partial charge is 0.384 e. The molecule has 1 unspecified atom stereocenters. The van der Waals surface area contributed by atoms with Crippen LogP contribution in [0.5, 0.6) is 0 Å². The van der Waals surface area contributed by atoms with E-state index in [-0.39, 0.29) is 11.8 Å². The van der Waals surface area contributed by atoms with Crippen molar-refractivity contribution in [1.82, 2.24) is 10.6 Å². The number of halogens is 1. The van der Waals surface area contributed by atoms with E-state index in [1.807, 2.05) is 12.1 Å². The minimum atomic E-state index is -0.123. The van der Waals surface area contributed by atoms with Crippen molar-refractivity contribution in [3.8, 4) is 0 Å². The van der Waals surface area contributed by atoms with Gasteiger partial charge in [0.05, 0.1) is 11.3 Å². The average Bonchev–Trinajstić information content (AvgIpc) is 3.13. The van der Waals surface area contributed by atoms with E-state index in [1.165, 1.54) is 5.57 Å². The van der Waals surface area contributed by atoms with Gasteiger partial charge in [-0.1, -0.05) is 24.6 Å². The SMILES string of the molecule is CC1CNC(/C=C2\C(=O)Nc3cc(Cl)ccc32)=C1CCCC(=O)NCCN. The summed E-state index contributed by atoms with van der Waals surface area (Å²) >= 11 is 6.01. The second kappa shape index (κ2) is 8.59. The number of allylic oxidation sites excluding steroid dienone is 1. The van der Waals surface area contributed by atoms with Crippen LogP contribution in [0.2, 0.25) is 5.02 Å². The minimum Gasteiger partial charge on any atom is -0.384 e. The van der Waals surface area contributed by atoms with E-state index in [0.717, 1.165) is 36.3 Å². The Morgan fingerprint density at radius 2 is 2.26 bits per heavy atom. The van der Waals surface area contributed by atoms with E-state index in [4.69, 9.17) is 17.3 Å². The summed E-state index contributed by atoms with van der Waals surface area (Å²) in [5.74, 6) is 0.278. The van der Waals surface area contributed by atoms with E-state index in [2.05, 4.69) is 22.9 Å². The first-order valence-corrected chi connectivity index (χ1v) is 9.64. The zero-order valence-electron chi connectivity index (χ0n) is 15.4. The second-order valence-corrected chi connectivity index (χ2v) is 7.35. The molecule has 2 aliphatic heterocycles. The minimum absolute atomic E-state index is 0.0283. The summed E-state index contributed by atoms with van der Waals surface area (Å²) in [7, 11) is 0. The third-order valence-corrected chi connectivity index (χ3v) is 5.14. The molecule has 0 aromatic heterocycles. The van der Waals surface area contributed by atoms with Gasteiger partial charge in [-0.3, -0.25) is 9.59 Å². The first-order chi connectivity index (χ1) is 13.0. The topological polar surface area (TPSA) is 96.2 Å². The van der Waals surface area contributed by atoms with E-state index < -0.39 is 0 Å². The fraction of sp³-hybridized carbons (Fsp3) is 0.400. The van der Waals surface area contributed by atoms with Crippen LogP contribution in [0.15, 0.2) is 35.5 Å². The Bertz CT molecular complexity index is 816. The number of hydrogen-bond donors (Lipinski definition) is 4. The van der Waals surface area contributed by atoms with Gasteiger partial charge in [0, 0.05) is 42.3 Å². The summed E-state index contributed by atoms with van der Waals surface area (Å²) in [4.78, 5) is 24.1. The Labute approximate surface area is 164 Å². The van der Waals surface area contributed by atoms with E-state index in [1.54, 1.807) is 12.1 Å². The van der Waals surface area contributed by atoms with Gasteiger partial charge in [-0.25, -0.2) is 0 Å². The van der Waals surface area contributed by atoms with Crippen LogP contribution in [0, 0.1) is 5.92 Å². The molecule has 0 radical (unpaired) electrons. The number of hydrogen-bond acceptors (Lipinski definition) is 4. The zero-order chi connectivity index (χ0) is 19.4. The monoisotopic (exact) mass is 388 g/mol. The van der Waals surface area contributed by atoms with Crippen LogP contribution in [0.4, 0.5) is 5.69 Å². The van der Waals surface area contributed by atoms with E-state index >= 15 is 0 Å². The molecule has 3 rings (SSSR count). The fourth-order valence-electron chi connectivity index (χ4n) is 3.48. The van der Waals surface area contributed by atoms with Crippen LogP contribution in [0.1, 0.15) is 31.7 Å². The Hall–Kier alpha value is -2.31. The molecule has 27 heavy (non-hydrogen) atoms. The van der Waals surface area contributed by atoms with Crippen molar-refractivity contribution in [2.75, 3.05) is 25.0 Å². The molecule has 0 saturated carbocycles. The second-order valence-electron chi connectivity index (χ2n) is 6.92. The van der Waals surface area contributed by atoms with Gasteiger partial charge in [-0.15, -0.1) is 0 Å². The number of carbonyl (C=O) groups excluding carboxylic acids is 2. The number of nitrogens with two attached hydrogens (primary N) is 1. The van der Waals surface area contributed by atoms with Crippen LogP contribution in [-0.2, 0) is 9.59 Å². The molecular formula is C20H25ClN4O2. The number of fused-ring (bicyclic) bond motifs is 1. The number of amides is 2. The lowest BCUT2D eigenvalue weighted by Gasteiger charge is -2.09. The summed E-state index contributed by atoms with van der Waals surface area (Å²) in [6.45, 7) is 3.95. The van der Waals surface area contributed by atoms with Crippen molar-refractivity contribution in [2.45, 2.75) is 26.2 Å². The lowest BCUT2D eigenvalue weighted by Crippen LogP contribution is -2.28. The molecule has 144 valence electrons. The van der Waals surface area contributed by atoms with Crippen LogP contribution in [0.3, 0.4) is 0 Å². The van der Waals surface area contributed by atoms with Gasteiger partial charge in [0.2, 0.25) is 5.91 Å². The number of benzene rings is 1. The molecule has 7 heteroatoms. The summed E-state index contributed by atoms with van der Waals surface area (Å²) in [5.41, 5.74) is 9.87. The van der Waals surface area contributed by atoms with Crippen molar-refractivity contribution in [3.05, 3.63) is 46.1 Å². The fourth-order valence-corrected chi connectivity index (χ4v) is 3.66. The van der Waals surface area contributed by atoms with E-state index in [0.29, 0.717) is 36.0 Å². The molecule has 0 spiro atoms. The highest BCUT2D eigenvalue weighted by molar-refractivity contribution is 6.34. The van der Waals surface area contributed by atoms with Crippen molar-refractivity contribution in [2.24, 2.45) is 11.7 Å². The molecule has 1 aromatic carbocycles.